The van der Waals surface area contributed by atoms with Crippen LogP contribution in [0.1, 0.15) is 25.1 Å². The number of nitrogens with zero attached hydrogens (tertiary/aromatic N) is 2. The van der Waals surface area contributed by atoms with Gasteiger partial charge in [0, 0.05) is 30.2 Å². The van der Waals surface area contributed by atoms with Gasteiger partial charge in [-0.1, -0.05) is 6.92 Å². The van der Waals surface area contributed by atoms with Crippen LogP contribution in [0.25, 0.3) is 11.3 Å². The summed E-state index contributed by atoms with van der Waals surface area (Å²) >= 11 is 0. The number of hydrogen-bond donors (Lipinski definition) is 2. The Bertz CT molecular complexity index is 558. The van der Waals surface area contributed by atoms with Crippen molar-refractivity contribution in [3.05, 3.63) is 46.4 Å². The van der Waals surface area contributed by atoms with E-state index in [-0.39, 0.29) is 11.6 Å². The van der Waals surface area contributed by atoms with E-state index >= 15 is 0 Å². The van der Waals surface area contributed by atoms with Gasteiger partial charge in [0.25, 0.3) is 5.69 Å². The standard InChI is InChI=1S/C13H16N4O2/c1-2-9(7-14)13-15-8-12(16-13)10-3-5-11(6-4-10)17(18)19/h3-6,8-9H,2,7,14H2,1H3,(H,15,16). The SMILES string of the molecule is CCC(CN)c1ncc(-c2ccc([N+](=O)[O-])cc2)[nH]1. The van der Waals surface area contributed by atoms with Crippen molar-refractivity contribution >= 4 is 5.69 Å². The number of rotatable bonds is 5. The van der Waals surface area contributed by atoms with E-state index in [4.69, 9.17) is 5.73 Å². The number of H-pyrrole nitrogens is 1. The third-order valence-corrected chi connectivity index (χ3v) is 3.15. The first-order chi connectivity index (χ1) is 9.15. The van der Waals surface area contributed by atoms with Gasteiger partial charge >= 0.3 is 0 Å². The number of hydrogen-bond acceptors (Lipinski definition) is 4. The molecule has 3 N–H and O–H groups in total. The van der Waals surface area contributed by atoms with E-state index in [1.54, 1.807) is 18.3 Å². The number of nitrogens with one attached hydrogen (secondary N) is 1. The Balaban J connectivity index is 2.25. The van der Waals surface area contributed by atoms with Crippen molar-refractivity contribution in [2.24, 2.45) is 5.73 Å². The minimum Gasteiger partial charge on any atom is -0.342 e. The highest BCUT2D eigenvalue weighted by Crippen LogP contribution is 2.23. The smallest absolute Gasteiger partial charge is 0.269 e. The third kappa shape index (κ3) is 2.79. The monoisotopic (exact) mass is 260 g/mol. The summed E-state index contributed by atoms with van der Waals surface area (Å²) in [5, 5.41) is 10.6. The maximum Gasteiger partial charge on any atom is 0.269 e. The number of aromatic amines is 1. The van der Waals surface area contributed by atoms with Gasteiger partial charge in [-0.25, -0.2) is 4.98 Å². The number of aromatic nitrogens is 2. The molecule has 6 nitrogen and oxygen atoms in total. The van der Waals surface area contributed by atoms with E-state index in [2.05, 4.69) is 16.9 Å². The largest absolute Gasteiger partial charge is 0.342 e. The lowest BCUT2D eigenvalue weighted by atomic mass is 10.1. The van der Waals surface area contributed by atoms with Gasteiger partial charge in [-0.2, -0.15) is 0 Å². The molecule has 1 unspecified atom stereocenters. The van der Waals surface area contributed by atoms with E-state index in [1.807, 2.05) is 0 Å². The molecule has 0 aliphatic rings. The van der Waals surface area contributed by atoms with E-state index in [9.17, 15) is 10.1 Å². The van der Waals surface area contributed by atoms with Crippen LogP contribution >= 0.6 is 0 Å². The van der Waals surface area contributed by atoms with Crippen molar-refractivity contribution < 1.29 is 4.92 Å². The Morgan fingerprint density at radius 2 is 2.11 bits per heavy atom. The fourth-order valence-corrected chi connectivity index (χ4v) is 1.93. The average molecular weight is 260 g/mol. The number of benzene rings is 1. The van der Waals surface area contributed by atoms with Crippen LogP contribution in [0.4, 0.5) is 5.69 Å². The van der Waals surface area contributed by atoms with Gasteiger partial charge in [0.05, 0.1) is 16.8 Å². The average Bonchev–Trinajstić information content (AvgIpc) is 2.90. The Kier molecular flexibility index (Phi) is 3.91. The summed E-state index contributed by atoms with van der Waals surface area (Å²) < 4.78 is 0. The zero-order valence-corrected chi connectivity index (χ0v) is 10.7. The lowest BCUT2D eigenvalue weighted by Crippen LogP contribution is -2.12. The summed E-state index contributed by atoms with van der Waals surface area (Å²) in [5.74, 6) is 1.07. The van der Waals surface area contributed by atoms with Gasteiger partial charge in [-0.05, 0) is 18.6 Å². The first-order valence-electron chi connectivity index (χ1n) is 6.15. The molecule has 0 amide bonds. The first-order valence-corrected chi connectivity index (χ1v) is 6.15. The maximum atomic E-state index is 10.6. The van der Waals surface area contributed by atoms with Gasteiger partial charge in [-0.3, -0.25) is 10.1 Å². The topological polar surface area (TPSA) is 97.8 Å². The second kappa shape index (κ2) is 5.62. The molecule has 2 rings (SSSR count). The number of nitrogens with two attached hydrogens (primary N) is 1. The van der Waals surface area contributed by atoms with Crippen molar-refractivity contribution in [1.29, 1.82) is 0 Å². The fourth-order valence-electron chi connectivity index (χ4n) is 1.93. The molecule has 0 fully saturated rings. The zero-order chi connectivity index (χ0) is 13.8. The molecule has 0 aliphatic carbocycles. The fraction of sp³-hybridized carbons (Fsp3) is 0.308. The summed E-state index contributed by atoms with van der Waals surface area (Å²) in [5.41, 5.74) is 7.48. The van der Waals surface area contributed by atoms with Crippen molar-refractivity contribution in [2.75, 3.05) is 6.54 Å². The van der Waals surface area contributed by atoms with Crippen molar-refractivity contribution in [3.8, 4) is 11.3 Å². The van der Waals surface area contributed by atoms with Gasteiger partial charge in [0.15, 0.2) is 0 Å². The van der Waals surface area contributed by atoms with Crippen LogP contribution in [-0.4, -0.2) is 21.4 Å². The van der Waals surface area contributed by atoms with Gasteiger partial charge in [0.2, 0.25) is 0 Å². The number of imidazole rings is 1. The van der Waals surface area contributed by atoms with E-state index in [0.29, 0.717) is 6.54 Å². The Labute approximate surface area is 110 Å². The molecule has 2 aromatic rings. The highest BCUT2D eigenvalue weighted by Gasteiger charge is 2.12. The molecule has 0 spiro atoms. The van der Waals surface area contributed by atoms with Crippen LogP contribution in [0.5, 0.6) is 0 Å². The lowest BCUT2D eigenvalue weighted by Gasteiger charge is -2.07. The van der Waals surface area contributed by atoms with Crippen LogP contribution in [0, 0.1) is 10.1 Å². The molecule has 1 aromatic heterocycles. The zero-order valence-electron chi connectivity index (χ0n) is 10.7. The maximum absolute atomic E-state index is 10.6. The lowest BCUT2D eigenvalue weighted by molar-refractivity contribution is -0.384. The van der Waals surface area contributed by atoms with Gasteiger partial charge < -0.3 is 10.7 Å². The number of nitro benzene ring substituents is 1. The molecular formula is C13H16N4O2. The van der Waals surface area contributed by atoms with Crippen molar-refractivity contribution in [1.82, 2.24) is 9.97 Å². The van der Waals surface area contributed by atoms with Crippen LogP contribution in [0.3, 0.4) is 0 Å². The van der Waals surface area contributed by atoms with E-state index in [1.165, 1.54) is 12.1 Å². The molecule has 1 atom stereocenters. The first kappa shape index (κ1) is 13.2. The van der Waals surface area contributed by atoms with E-state index < -0.39 is 4.92 Å². The third-order valence-electron chi connectivity index (χ3n) is 3.15. The van der Waals surface area contributed by atoms with Gasteiger partial charge in [-0.15, -0.1) is 0 Å². The van der Waals surface area contributed by atoms with Crippen LogP contribution in [0.2, 0.25) is 0 Å². The molecule has 0 saturated carbocycles. The van der Waals surface area contributed by atoms with Crippen LogP contribution < -0.4 is 5.73 Å². The van der Waals surface area contributed by atoms with Crippen molar-refractivity contribution in [3.63, 3.8) is 0 Å². The summed E-state index contributed by atoms with van der Waals surface area (Å²) in [4.78, 5) is 17.7. The molecular weight excluding hydrogens is 244 g/mol. The normalized spacial score (nSPS) is 12.3. The molecule has 0 radical (unpaired) electrons. The molecule has 100 valence electrons. The predicted molar refractivity (Wildman–Crippen MR) is 72.8 cm³/mol. The summed E-state index contributed by atoms with van der Waals surface area (Å²) in [6, 6.07) is 6.38. The summed E-state index contributed by atoms with van der Waals surface area (Å²) in [6.45, 7) is 2.61. The number of non-ortho nitro benzene ring substituents is 1. The molecule has 1 heterocycles. The van der Waals surface area contributed by atoms with Crippen LogP contribution in [-0.2, 0) is 0 Å². The molecule has 0 bridgehead atoms. The minimum atomic E-state index is -0.413. The molecule has 0 aliphatic heterocycles. The van der Waals surface area contributed by atoms with Crippen molar-refractivity contribution in [2.45, 2.75) is 19.3 Å². The predicted octanol–water partition coefficient (Wildman–Crippen LogP) is 2.44. The molecule has 1 aromatic carbocycles. The molecule has 19 heavy (non-hydrogen) atoms. The number of nitro groups is 1. The second-order valence-electron chi connectivity index (χ2n) is 4.33. The molecule has 6 heteroatoms. The minimum absolute atomic E-state index is 0.0804. The Morgan fingerprint density at radius 1 is 1.42 bits per heavy atom. The highest BCUT2D eigenvalue weighted by atomic mass is 16.6. The van der Waals surface area contributed by atoms with Crippen LogP contribution in [0.15, 0.2) is 30.5 Å². The van der Waals surface area contributed by atoms with Gasteiger partial charge in [0.1, 0.15) is 5.82 Å². The summed E-state index contributed by atoms with van der Waals surface area (Å²) in [7, 11) is 0. The summed E-state index contributed by atoms with van der Waals surface area (Å²) in [6.07, 6.45) is 2.65. The molecule has 0 saturated heterocycles. The Hall–Kier alpha value is -2.21. The Morgan fingerprint density at radius 3 is 2.63 bits per heavy atom. The van der Waals surface area contributed by atoms with E-state index in [0.717, 1.165) is 23.5 Å². The highest BCUT2D eigenvalue weighted by molar-refractivity contribution is 5.60. The quantitative estimate of drug-likeness (QED) is 0.637. The second-order valence-corrected chi connectivity index (χ2v) is 4.33.